The smallest absolute Gasteiger partial charge is 0.0568 e. The van der Waals surface area contributed by atoms with Gasteiger partial charge in [0, 0.05) is 22.2 Å². The molecule has 0 radical (unpaired) electrons. The first-order valence-corrected chi connectivity index (χ1v) is 8.69. The summed E-state index contributed by atoms with van der Waals surface area (Å²) in [6, 6.07) is 6.03. The summed E-state index contributed by atoms with van der Waals surface area (Å²) in [7, 11) is 0. The second-order valence-electron chi connectivity index (χ2n) is 5.94. The molecule has 20 heavy (non-hydrogen) atoms. The van der Waals surface area contributed by atoms with E-state index in [0.717, 1.165) is 33.9 Å². The summed E-state index contributed by atoms with van der Waals surface area (Å²) in [5, 5.41) is 4.40. The minimum absolute atomic E-state index is 0.0288. The van der Waals surface area contributed by atoms with Crippen molar-refractivity contribution in [2.75, 3.05) is 11.9 Å². The Kier molecular flexibility index (Phi) is 5.76. The maximum absolute atomic E-state index is 6.18. The highest BCUT2D eigenvalue weighted by molar-refractivity contribution is 9.10. The molecule has 2 rings (SSSR count). The van der Waals surface area contributed by atoms with Gasteiger partial charge in [-0.1, -0.05) is 37.8 Å². The van der Waals surface area contributed by atoms with Crippen molar-refractivity contribution in [3.05, 3.63) is 27.7 Å². The number of nitrogens with two attached hydrogens (primary N) is 1. The minimum atomic E-state index is 0.0288. The van der Waals surface area contributed by atoms with Crippen molar-refractivity contribution in [3.8, 4) is 0 Å². The molecule has 0 bridgehead atoms. The minimum Gasteiger partial charge on any atom is -0.378 e. The number of hydrogen-bond donors (Lipinski definition) is 2. The van der Waals surface area contributed by atoms with Crippen molar-refractivity contribution in [2.45, 2.75) is 51.0 Å². The maximum Gasteiger partial charge on any atom is 0.0568 e. The molecule has 0 aliphatic heterocycles. The van der Waals surface area contributed by atoms with Gasteiger partial charge in [0.15, 0.2) is 0 Å². The fourth-order valence-electron chi connectivity index (χ4n) is 3.15. The summed E-state index contributed by atoms with van der Waals surface area (Å²) in [5.41, 5.74) is 7.20. The van der Waals surface area contributed by atoms with Gasteiger partial charge in [-0.25, -0.2) is 0 Å². The summed E-state index contributed by atoms with van der Waals surface area (Å²) in [5.74, 6) is 0.860. The van der Waals surface area contributed by atoms with Crippen LogP contribution in [0.25, 0.3) is 0 Å². The average molecular weight is 360 g/mol. The fraction of sp³-hybridized carbons (Fsp3) is 0.625. The molecule has 1 aromatic carbocycles. The molecule has 4 heteroatoms. The van der Waals surface area contributed by atoms with Crippen LogP contribution in [0, 0.1) is 5.92 Å². The van der Waals surface area contributed by atoms with Gasteiger partial charge in [-0.15, -0.1) is 0 Å². The number of anilines is 1. The molecule has 0 saturated heterocycles. The van der Waals surface area contributed by atoms with E-state index in [4.69, 9.17) is 17.3 Å². The summed E-state index contributed by atoms with van der Waals surface area (Å²) in [6.45, 7) is 2.97. The largest absolute Gasteiger partial charge is 0.378 e. The van der Waals surface area contributed by atoms with E-state index in [9.17, 15) is 0 Å². The molecule has 1 fully saturated rings. The Balaban J connectivity index is 2.12. The van der Waals surface area contributed by atoms with Gasteiger partial charge < -0.3 is 11.1 Å². The fourth-order valence-corrected chi connectivity index (χ4v) is 3.57. The molecule has 0 spiro atoms. The molecule has 1 saturated carbocycles. The Morgan fingerprint density at radius 3 is 2.85 bits per heavy atom. The zero-order valence-corrected chi connectivity index (χ0v) is 14.4. The zero-order valence-electron chi connectivity index (χ0n) is 12.1. The third-order valence-electron chi connectivity index (χ3n) is 4.60. The van der Waals surface area contributed by atoms with Crippen LogP contribution in [0.2, 0.25) is 5.02 Å². The van der Waals surface area contributed by atoms with Crippen LogP contribution in [-0.2, 0) is 0 Å². The van der Waals surface area contributed by atoms with Gasteiger partial charge in [-0.3, -0.25) is 0 Å². The highest BCUT2D eigenvalue weighted by Gasteiger charge is 2.31. The van der Waals surface area contributed by atoms with Crippen LogP contribution in [0.4, 0.5) is 5.69 Å². The standard InChI is InChI=1S/C16H24BrClN2/c1-2-12-4-3-8-16(11-19,9-7-12)20-13-5-6-14(17)15(18)10-13/h5-6,10,12,20H,2-4,7-9,11,19H2,1H3. The van der Waals surface area contributed by atoms with Crippen LogP contribution in [0.15, 0.2) is 22.7 Å². The van der Waals surface area contributed by atoms with Crippen LogP contribution in [0.1, 0.15) is 45.4 Å². The lowest BCUT2D eigenvalue weighted by Crippen LogP contribution is -2.45. The molecular weight excluding hydrogens is 336 g/mol. The number of hydrogen-bond acceptors (Lipinski definition) is 2. The van der Waals surface area contributed by atoms with E-state index in [1.807, 2.05) is 12.1 Å². The molecule has 1 aromatic rings. The van der Waals surface area contributed by atoms with E-state index in [1.165, 1.54) is 25.7 Å². The molecule has 0 amide bonds. The topological polar surface area (TPSA) is 38.0 Å². The second kappa shape index (κ2) is 7.15. The van der Waals surface area contributed by atoms with Gasteiger partial charge >= 0.3 is 0 Å². The van der Waals surface area contributed by atoms with Crippen LogP contribution < -0.4 is 11.1 Å². The molecule has 0 heterocycles. The van der Waals surface area contributed by atoms with E-state index in [-0.39, 0.29) is 5.54 Å². The number of nitrogens with one attached hydrogen (secondary N) is 1. The Morgan fingerprint density at radius 2 is 2.20 bits per heavy atom. The van der Waals surface area contributed by atoms with E-state index in [1.54, 1.807) is 0 Å². The van der Waals surface area contributed by atoms with Crippen molar-refractivity contribution < 1.29 is 0 Å². The van der Waals surface area contributed by atoms with Gasteiger partial charge in [0.2, 0.25) is 0 Å². The quantitative estimate of drug-likeness (QED) is 0.725. The molecule has 1 aliphatic carbocycles. The average Bonchev–Trinajstić information content (AvgIpc) is 2.66. The summed E-state index contributed by atoms with van der Waals surface area (Å²) < 4.78 is 0.929. The Morgan fingerprint density at radius 1 is 1.40 bits per heavy atom. The van der Waals surface area contributed by atoms with Crippen LogP contribution in [0.3, 0.4) is 0 Å². The van der Waals surface area contributed by atoms with E-state index in [2.05, 4.69) is 34.2 Å². The summed E-state index contributed by atoms with van der Waals surface area (Å²) in [6.07, 6.45) is 7.44. The number of halogens is 2. The lowest BCUT2D eigenvalue weighted by molar-refractivity contribution is 0.398. The number of rotatable bonds is 4. The van der Waals surface area contributed by atoms with Gasteiger partial charge in [-0.2, -0.15) is 0 Å². The van der Waals surface area contributed by atoms with Crippen LogP contribution in [0.5, 0.6) is 0 Å². The van der Waals surface area contributed by atoms with Gasteiger partial charge in [0.05, 0.1) is 5.02 Å². The zero-order chi connectivity index (χ0) is 14.6. The molecule has 2 nitrogen and oxygen atoms in total. The van der Waals surface area contributed by atoms with Gasteiger partial charge in [-0.05, 0) is 59.3 Å². The Labute approximate surface area is 135 Å². The normalized spacial score (nSPS) is 27.1. The predicted molar refractivity (Wildman–Crippen MR) is 91.4 cm³/mol. The van der Waals surface area contributed by atoms with Crippen molar-refractivity contribution in [1.82, 2.24) is 0 Å². The van der Waals surface area contributed by atoms with Gasteiger partial charge in [0.1, 0.15) is 0 Å². The molecule has 112 valence electrons. The molecule has 0 aromatic heterocycles. The van der Waals surface area contributed by atoms with Crippen LogP contribution >= 0.6 is 27.5 Å². The van der Waals surface area contributed by atoms with E-state index in [0.29, 0.717) is 6.54 Å². The molecule has 2 unspecified atom stereocenters. The summed E-state index contributed by atoms with van der Waals surface area (Å²) >= 11 is 9.61. The molecule has 1 aliphatic rings. The van der Waals surface area contributed by atoms with Crippen molar-refractivity contribution >= 4 is 33.2 Å². The monoisotopic (exact) mass is 358 g/mol. The first-order valence-electron chi connectivity index (χ1n) is 7.52. The van der Waals surface area contributed by atoms with E-state index < -0.39 is 0 Å². The highest BCUT2D eigenvalue weighted by Crippen LogP contribution is 2.35. The summed E-state index contributed by atoms with van der Waals surface area (Å²) in [4.78, 5) is 0. The van der Waals surface area contributed by atoms with Crippen LogP contribution in [-0.4, -0.2) is 12.1 Å². The van der Waals surface area contributed by atoms with Crippen molar-refractivity contribution in [1.29, 1.82) is 0 Å². The molecule has 3 N–H and O–H groups in total. The van der Waals surface area contributed by atoms with E-state index >= 15 is 0 Å². The maximum atomic E-state index is 6.18. The Hall–Kier alpha value is -0.250. The highest BCUT2D eigenvalue weighted by atomic mass is 79.9. The third kappa shape index (κ3) is 3.90. The van der Waals surface area contributed by atoms with Gasteiger partial charge in [0.25, 0.3) is 0 Å². The molecular formula is C16H24BrClN2. The lowest BCUT2D eigenvalue weighted by atomic mass is 9.89. The second-order valence-corrected chi connectivity index (χ2v) is 7.21. The Bertz CT molecular complexity index is 452. The first-order chi connectivity index (χ1) is 9.58. The van der Waals surface area contributed by atoms with Crippen molar-refractivity contribution in [2.24, 2.45) is 11.7 Å². The van der Waals surface area contributed by atoms with Crippen molar-refractivity contribution in [3.63, 3.8) is 0 Å². The SMILES string of the molecule is CCC1CCCC(CN)(Nc2ccc(Br)c(Cl)c2)CC1. The molecule has 2 atom stereocenters. The lowest BCUT2D eigenvalue weighted by Gasteiger charge is -2.34. The first kappa shape index (κ1) is 16.1. The predicted octanol–water partition coefficient (Wildman–Crippen LogP) is 5.20. The third-order valence-corrected chi connectivity index (χ3v) is 5.83. The number of benzene rings is 1.